The lowest BCUT2D eigenvalue weighted by Crippen LogP contribution is -2.23. The van der Waals surface area contributed by atoms with Gasteiger partial charge in [-0.2, -0.15) is 0 Å². The fraction of sp³-hybridized carbons (Fsp3) is 0.273. The molecule has 7 nitrogen and oxygen atoms in total. The maximum absolute atomic E-state index is 13.3. The second kappa shape index (κ2) is 9.74. The fourth-order valence-corrected chi connectivity index (χ4v) is 4.34. The summed E-state index contributed by atoms with van der Waals surface area (Å²) >= 11 is 0. The van der Waals surface area contributed by atoms with Gasteiger partial charge in [-0.15, -0.1) is 0 Å². The number of hydrogen-bond donors (Lipinski definition) is 2. The van der Waals surface area contributed by atoms with Gasteiger partial charge in [0.15, 0.2) is 0 Å². The van der Waals surface area contributed by atoms with Gasteiger partial charge in [0.05, 0.1) is 5.75 Å². The molecule has 2 N–H and O–H groups in total. The number of aryl methyl sites for hydroxylation is 1. The first-order valence-corrected chi connectivity index (χ1v) is 11.7. The molecule has 2 aromatic carbocycles. The molecule has 0 bridgehead atoms. The molecule has 0 fully saturated rings. The Balaban J connectivity index is 1.69. The summed E-state index contributed by atoms with van der Waals surface area (Å²) < 4.78 is 40.6. The number of nitrogens with zero attached hydrogens (tertiary/aromatic N) is 3. The third kappa shape index (κ3) is 6.39. The molecule has 0 saturated heterocycles. The van der Waals surface area contributed by atoms with Crippen molar-refractivity contribution in [2.75, 3.05) is 28.0 Å². The van der Waals surface area contributed by atoms with Crippen molar-refractivity contribution >= 4 is 33.0 Å². The zero-order valence-corrected chi connectivity index (χ0v) is 18.6. The average molecular weight is 444 g/mol. The third-order valence-electron chi connectivity index (χ3n) is 4.59. The zero-order valence-electron chi connectivity index (χ0n) is 17.8. The van der Waals surface area contributed by atoms with E-state index in [1.165, 1.54) is 18.2 Å². The molecule has 31 heavy (non-hydrogen) atoms. The summed E-state index contributed by atoms with van der Waals surface area (Å²) in [6.07, 6.45) is 0. The Bertz CT molecular complexity index is 1130. The molecule has 0 aliphatic rings. The van der Waals surface area contributed by atoms with Crippen LogP contribution < -0.4 is 14.9 Å². The van der Waals surface area contributed by atoms with Gasteiger partial charge in [0.25, 0.3) is 0 Å². The molecule has 0 spiro atoms. The van der Waals surface area contributed by atoms with Gasteiger partial charge in [-0.1, -0.05) is 12.1 Å². The molecule has 0 amide bonds. The second-order valence-corrected chi connectivity index (χ2v) is 8.75. The van der Waals surface area contributed by atoms with E-state index in [4.69, 9.17) is 0 Å². The normalized spacial score (nSPS) is 11.2. The molecular weight excluding hydrogens is 417 g/mol. The maximum atomic E-state index is 13.3. The van der Waals surface area contributed by atoms with Gasteiger partial charge in [0.1, 0.15) is 23.3 Å². The molecule has 0 aliphatic carbocycles. The van der Waals surface area contributed by atoms with Crippen molar-refractivity contribution in [2.24, 2.45) is 0 Å². The van der Waals surface area contributed by atoms with Crippen LogP contribution >= 0.6 is 0 Å². The maximum Gasteiger partial charge on any atom is 0.236 e. The van der Waals surface area contributed by atoms with E-state index in [1.807, 2.05) is 13.0 Å². The molecule has 1 aromatic heterocycles. The van der Waals surface area contributed by atoms with E-state index < -0.39 is 15.8 Å². The molecule has 0 radical (unpaired) electrons. The Labute approximate surface area is 182 Å². The van der Waals surface area contributed by atoms with Crippen LogP contribution in [0.5, 0.6) is 0 Å². The van der Waals surface area contributed by atoms with Crippen LogP contribution in [0.1, 0.15) is 25.2 Å². The van der Waals surface area contributed by atoms with Crippen LogP contribution in [-0.2, 0) is 15.8 Å². The van der Waals surface area contributed by atoms with Gasteiger partial charge >= 0.3 is 0 Å². The molecule has 3 rings (SSSR count). The summed E-state index contributed by atoms with van der Waals surface area (Å²) in [6.45, 7) is 7.67. The van der Waals surface area contributed by atoms with Crippen molar-refractivity contribution in [3.63, 3.8) is 0 Å². The van der Waals surface area contributed by atoms with E-state index in [9.17, 15) is 12.8 Å². The Kier molecular flexibility index (Phi) is 7.06. The summed E-state index contributed by atoms with van der Waals surface area (Å²) in [5.41, 5.74) is 1.57. The van der Waals surface area contributed by atoms with Crippen LogP contribution in [0.25, 0.3) is 0 Å². The van der Waals surface area contributed by atoms with Gasteiger partial charge in [-0.25, -0.2) is 22.8 Å². The van der Waals surface area contributed by atoms with Gasteiger partial charge in [0.2, 0.25) is 10.0 Å². The van der Waals surface area contributed by atoms with E-state index in [-0.39, 0.29) is 5.75 Å². The van der Waals surface area contributed by atoms with Crippen molar-refractivity contribution in [2.45, 2.75) is 26.5 Å². The van der Waals surface area contributed by atoms with Crippen molar-refractivity contribution < 1.29 is 12.8 Å². The van der Waals surface area contributed by atoms with E-state index in [0.29, 0.717) is 22.9 Å². The number of rotatable bonds is 9. The Morgan fingerprint density at radius 1 is 0.968 bits per heavy atom. The minimum Gasteiger partial charge on any atom is -0.357 e. The van der Waals surface area contributed by atoms with E-state index in [1.54, 1.807) is 30.3 Å². The molecule has 0 aliphatic heterocycles. The van der Waals surface area contributed by atoms with Crippen LogP contribution in [0, 0.1) is 12.7 Å². The van der Waals surface area contributed by atoms with Crippen LogP contribution in [0.2, 0.25) is 0 Å². The highest BCUT2D eigenvalue weighted by Crippen LogP contribution is 2.22. The largest absolute Gasteiger partial charge is 0.357 e. The van der Waals surface area contributed by atoms with Crippen LogP contribution in [0.3, 0.4) is 0 Å². The number of sulfonamides is 1. The smallest absolute Gasteiger partial charge is 0.236 e. The highest BCUT2D eigenvalue weighted by Gasteiger charge is 2.13. The molecule has 9 heteroatoms. The quantitative estimate of drug-likeness (QED) is 0.508. The number of anilines is 4. The van der Waals surface area contributed by atoms with E-state index >= 15 is 0 Å². The lowest BCUT2D eigenvalue weighted by molar-refractivity contribution is 0.599. The van der Waals surface area contributed by atoms with Crippen molar-refractivity contribution in [1.82, 2.24) is 9.97 Å². The molecule has 164 valence electrons. The Morgan fingerprint density at radius 2 is 1.65 bits per heavy atom. The van der Waals surface area contributed by atoms with E-state index in [2.05, 4.69) is 38.8 Å². The molecular formula is C22H26FN5O2S. The zero-order chi connectivity index (χ0) is 22.4. The number of benzene rings is 2. The molecule has 1 heterocycles. The predicted octanol–water partition coefficient (Wildman–Crippen LogP) is 4.46. The molecule has 0 atom stereocenters. The molecule has 0 saturated carbocycles. The van der Waals surface area contributed by atoms with Gasteiger partial charge in [0, 0.05) is 30.5 Å². The minimum absolute atomic E-state index is 0.306. The summed E-state index contributed by atoms with van der Waals surface area (Å²) in [7, 11) is -3.67. The average Bonchev–Trinajstić information content (AvgIpc) is 2.69. The summed E-state index contributed by atoms with van der Waals surface area (Å²) in [5, 5.41) is 3.23. The van der Waals surface area contributed by atoms with Crippen molar-refractivity contribution in [3.05, 3.63) is 71.8 Å². The van der Waals surface area contributed by atoms with Crippen LogP contribution in [-0.4, -0.2) is 31.5 Å². The van der Waals surface area contributed by atoms with Gasteiger partial charge < -0.3 is 10.2 Å². The number of nitrogens with one attached hydrogen (secondary N) is 2. The summed E-state index contributed by atoms with van der Waals surface area (Å²) in [4.78, 5) is 11.0. The van der Waals surface area contributed by atoms with Crippen molar-refractivity contribution in [3.8, 4) is 0 Å². The lowest BCUT2D eigenvalue weighted by atomic mass is 10.2. The first kappa shape index (κ1) is 22.5. The first-order valence-electron chi connectivity index (χ1n) is 10.0. The molecule has 0 unspecified atom stereocenters. The standard InChI is InChI=1S/C22H26FN5O2S/c1-4-28(5-2)22-14-21(24-16(3)25-22)26-19-9-11-20(12-10-19)27-31(29,30)15-17-7-6-8-18(23)13-17/h6-14,27H,4-5,15H2,1-3H3,(H,24,25,26). The second-order valence-electron chi connectivity index (χ2n) is 7.02. The minimum atomic E-state index is -3.67. The van der Waals surface area contributed by atoms with Crippen molar-refractivity contribution in [1.29, 1.82) is 0 Å². The van der Waals surface area contributed by atoms with Crippen LogP contribution in [0.15, 0.2) is 54.6 Å². The highest BCUT2D eigenvalue weighted by molar-refractivity contribution is 7.91. The summed E-state index contributed by atoms with van der Waals surface area (Å²) in [5.74, 6) is 1.40. The summed E-state index contributed by atoms with van der Waals surface area (Å²) in [6, 6.07) is 14.3. The fourth-order valence-electron chi connectivity index (χ4n) is 3.16. The topological polar surface area (TPSA) is 87.2 Å². The SMILES string of the molecule is CCN(CC)c1cc(Nc2ccc(NS(=O)(=O)Cc3cccc(F)c3)cc2)nc(C)n1. The van der Waals surface area contributed by atoms with Crippen LogP contribution in [0.4, 0.5) is 27.4 Å². The molecule has 3 aromatic rings. The van der Waals surface area contributed by atoms with E-state index in [0.717, 1.165) is 24.6 Å². The Hall–Kier alpha value is -3.20. The first-order chi connectivity index (χ1) is 14.8. The van der Waals surface area contributed by atoms with Gasteiger partial charge in [-0.05, 0) is 62.7 Å². The third-order valence-corrected chi connectivity index (χ3v) is 5.85. The van der Waals surface area contributed by atoms with Gasteiger partial charge in [-0.3, -0.25) is 4.72 Å². The number of aromatic nitrogens is 2. The monoisotopic (exact) mass is 443 g/mol. The Morgan fingerprint density at radius 3 is 2.29 bits per heavy atom. The number of hydrogen-bond acceptors (Lipinski definition) is 6. The highest BCUT2D eigenvalue weighted by atomic mass is 32.2. The number of halogens is 1. The lowest BCUT2D eigenvalue weighted by Gasteiger charge is -2.20. The predicted molar refractivity (Wildman–Crippen MR) is 123 cm³/mol.